The van der Waals surface area contributed by atoms with Crippen LogP contribution in [0, 0.1) is 0 Å². The van der Waals surface area contributed by atoms with E-state index < -0.39 is 5.97 Å². The van der Waals surface area contributed by atoms with Crippen LogP contribution < -0.4 is 0 Å². The fraction of sp³-hybridized carbons (Fsp3) is 0.875. The van der Waals surface area contributed by atoms with Gasteiger partial charge in [0.25, 0.3) is 0 Å². The molecule has 0 heterocycles. The van der Waals surface area contributed by atoms with Gasteiger partial charge < -0.3 is 19.7 Å². The van der Waals surface area contributed by atoms with Gasteiger partial charge in [0.2, 0.25) is 0 Å². The molecule has 0 aromatic carbocycles. The molecule has 0 aliphatic heterocycles. The van der Waals surface area contributed by atoms with Gasteiger partial charge in [-0.05, 0) is 0 Å². The van der Waals surface area contributed by atoms with Crippen molar-refractivity contribution in [3.05, 3.63) is 0 Å². The molecule has 0 aliphatic rings. The molecule has 0 aliphatic carbocycles. The Balaban J connectivity index is 0. The first-order valence-electron chi connectivity index (χ1n) is 4.08. The van der Waals surface area contributed by atoms with Crippen molar-refractivity contribution in [2.45, 2.75) is 13.3 Å². The molecule has 0 spiro atoms. The first-order chi connectivity index (χ1) is 6.18. The van der Waals surface area contributed by atoms with Crippen LogP contribution in [0.2, 0.25) is 0 Å². The number of aliphatic hydroxyl groups is 1. The largest absolute Gasteiger partial charge is 0.481 e. The van der Waals surface area contributed by atoms with Gasteiger partial charge in [0.1, 0.15) is 0 Å². The van der Waals surface area contributed by atoms with Crippen LogP contribution in [0.25, 0.3) is 0 Å². The third-order valence-electron chi connectivity index (χ3n) is 0.970. The lowest BCUT2D eigenvalue weighted by Gasteiger charge is -1.98. The van der Waals surface area contributed by atoms with Crippen molar-refractivity contribution in [2.24, 2.45) is 0 Å². The number of aliphatic hydroxyl groups excluding tert-OH is 1. The second kappa shape index (κ2) is 13.9. The molecular formula is C8H18O5. The average Bonchev–Trinajstić information content (AvgIpc) is 2.14. The molecule has 0 aromatic rings. The fourth-order valence-electron chi connectivity index (χ4n) is 0.309. The molecule has 0 atom stereocenters. The Morgan fingerprint density at radius 1 is 1.31 bits per heavy atom. The number of hydrogen-bond acceptors (Lipinski definition) is 4. The molecule has 0 bridgehead atoms. The minimum absolute atomic E-state index is 0.0870. The summed E-state index contributed by atoms with van der Waals surface area (Å²) in [7, 11) is 1.61. The first kappa shape index (κ1) is 14.9. The number of ether oxygens (including phenoxy) is 2. The van der Waals surface area contributed by atoms with Crippen molar-refractivity contribution in [3.8, 4) is 0 Å². The van der Waals surface area contributed by atoms with Gasteiger partial charge in [0, 0.05) is 13.5 Å². The van der Waals surface area contributed by atoms with E-state index in [1.807, 2.05) is 0 Å². The number of carboxylic acids is 1. The Kier molecular flexibility index (Phi) is 15.9. The van der Waals surface area contributed by atoms with Gasteiger partial charge in [-0.2, -0.15) is 0 Å². The topological polar surface area (TPSA) is 76.0 Å². The Labute approximate surface area is 78.3 Å². The predicted molar refractivity (Wildman–Crippen MR) is 47.7 cm³/mol. The number of rotatable bonds is 6. The SMILES string of the molecule is CCC(=O)O.COCCOCCO. The fourth-order valence-corrected chi connectivity index (χ4v) is 0.309. The van der Waals surface area contributed by atoms with E-state index in [2.05, 4.69) is 4.74 Å². The molecule has 0 rings (SSSR count). The van der Waals surface area contributed by atoms with E-state index in [9.17, 15) is 4.79 Å². The van der Waals surface area contributed by atoms with Gasteiger partial charge in [-0.3, -0.25) is 4.79 Å². The Morgan fingerprint density at radius 2 is 1.85 bits per heavy atom. The molecule has 0 saturated carbocycles. The van der Waals surface area contributed by atoms with Gasteiger partial charge in [-0.1, -0.05) is 6.92 Å². The van der Waals surface area contributed by atoms with Crippen LogP contribution in [-0.4, -0.2) is 49.7 Å². The summed E-state index contributed by atoms with van der Waals surface area (Å²) in [5, 5.41) is 15.9. The van der Waals surface area contributed by atoms with Crippen LogP contribution in [0.3, 0.4) is 0 Å². The molecule has 0 aromatic heterocycles. The molecule has 5 heteroatoms. The van der Waals surface area contributed by atoms with E-state index in [0.29, 0.717) is 19.8 Å². The van der Waals surface area contributed by atoms with E-state index in [1.54, 1.807) is 14.0 Å². The highest BCUT2D eigenvalue weighted by Crippen LogP contribution is 1.72. The van der Waals surface area contributed by atoms with Gasteiger partial charge in [0.05, 0.1) is 26.4 Å². The summed E-state index contributed by atoms with van der Waals surface area (Å²) in [5.74, 6) is -0.745. The average molecular weight is 194 g/mol. The van der Waals surface area contributed by atoms with Crippen molar-refractivity contribution in [2.75, 3.05) is 33.5 Å². The number of hydrogen-bond donors (Lipinski definition) is 2. The number of methoxy groups -OCH3 is 1. The molecule has 0 radical (unpaired) electrons. The number of aliphatic carboxylic acids is 1. The van der Waals surface area contributed by atoms with Gasteiger partial charge in [0.15, 0.2) is 0 Å². The lowest BCUT2D eigenvalue weighted by molar-refractivity contribution is -0.136. The van der Waals surface area contributed by atoms with Crippen LogP contribution in [0.1, 0.15) is 13.3 Å². The predicted octanol–water partition coefficient (Wildman–Crippen LogP) is 0.123. The van der Waals surface area contributed by atoms with Crippen LogP contribution in [0.4, 0.5) is 0 Å². The Bertz CT molecular complexity index is 98.7. The maximum absolute atomic E-state index is 9.37. The van der Waals surface area contributed by atoms with E-state index in [0.717, 1.165) is 0 Å². The summed E-state index contributed by atoms with van der Waals surface area (Å²) in [4.78, 5) is 9.37. The maximum Gasteiger partial charge on any atom is 0.303 e. The summed E-state index contributed by atoms with van der Waals surface area (Å²) in [6.07, 6.45) is 0.222. The molecule has 2 N–H and O–H groups in total. The summed E-state index contributed by atoms with van der Waals surface area (Å²) < 4.78 is 9.53. The Morgan fingerprint density at radius 3 is 2.15 bits per heavy atom. The van der Waals surface area contributed by atoms with E-state index in [4.69, 9.17) is 14.9 Å². The molecule has 0 unspecified atom stereocenters. The molecule has 5 nitrogen and oxygen atoms in total. The second-order valence-corrected chi connectivity index (χ2v) is 2.08. The third-order valence-corrected chi connectivity index (χ3v) is 0.970. The molecule has 80 valence electrons. The molecular weight excluding hydrogens is 176 g/mol. The normalized spacial score (nSPS) is 8.85. The lowest BCUT2D eigenvalue weighted by atomic mass is 10.5. The first-order valence-corrected chi connectivity index (χ1v) is 4.08. The highest BCUT2D eigenvalue weighted by Gasteiger charge is 1.82. The van der Waals surface area contributed by atoms with Crippen LogP contribution in [-0.2, 0) is 14.3 Å². The lowest BCUT2D eigenvalue weighted by Crippen LogP contribution is -2.05. The highest BCUT2D eigenvalue weighted by atomic mass is 16.5. The van der Waals surface area contributed by atoms with Crippen LogP contribution in [0.5, 0.6) is 0 Å². The van der Waals surface area contributed by atoms with Crippen LogP contribution >= 0.6 is 0 Å². The van der Waals surface area contributed by atoms with Crippen molar-refractivity contribution in [1.82, 2.24) is 0 Å². The molecule has 0 fully saturated rings. The third kappa shape index (κ3) is 24.6. The van der Waals surface area contributed by atoms with Crippen molar-refractivity contribution in [3.63, 3.8) is 0 Å². The zero-order valence-electron chi connectivity index (χ0n) is 8.15. The summed E-state index contributed by atoms with van der Waals surface area (Å²) >= 11 is 0. The van der Waals surface area contributed by atoms with E-state index in [-0.39, 0.29) is 13.0 Å². The Hall–Kier alpha value is -0.650. The molecule has 13 heavy (non-hydrogen) atoms. The van der Waals surface area contributed by atoms with Gasteiger partial charge in [-0.25, -0.2) is 0 Å². The van der Waals surface area contributed by atoms with Gasteiger partial charge in [-0.15, -0.1) is 0 Å². The van der Waals surface area contributed by atoms with Crippen molar-refractivity contribution < 1.29 is 24.5 Å². The molecule has 0 amide bonds. The zero-order valence-corrected chi connectivity index (χ0v) is 8.15. The number of carbonyl (C=O) groups is 1. The summed E-state index contributed by atoms with van der Waals surface area (Å²) in [5.41, 5.74) is 0. The molecule has 0 saturated heterocycles. The quantitative estimate of drug-likeness (QED) is 0.587. The highest BCUT2D eigenvalue weighted by molar-refractivity contribution is 5.66. The van der Waals surface area contributed by atoms with Crippen LogP contribution in [0.15, 0.2) is 0 Å². The van der Waals surface area contributed by atoms with E-state index in [1.165, 1.54) is 0 Å². The standard InChI is InChI=1S/C5H12O3.C3H6O2/c1-7-4-5-8-3-2-6;1-2-3(4)5/h6H,2-5H2,1H3;2H2,1H3,(H,4,5). The monoisotopic (exact) mass is 194 g/mol. The van der Waals surface area contributed by atoms with Gasteiger partial charge >= 0.3 is 5.97 Å². The summed E-state index contributed by atoms with van der Waals surface area (Å²) in [6, 6.07) is 0. The zero-order chi connectivity index (χ0) is 10.5. The smallest absolute Gasteiger partial charge is 0.303 e. The van der Waals surface area contributed by atoms with E-state index >= 15 is 0 Å². The summed E-state index contributed by atoms with van der Waals surface area (Å²) in [6.45, 7) is 3.26. The minimum atomic E-state index is -0.745. The number of carboxylic acid groups (broad SMARTS) is 1. The van der Waals surface area contributed by atoms with Crippen molar-refractivity contribution in [1.29, 1.82) is 0 Å². The maximum atomic E-state index is 9.37. The second-order valence-electron chi connectivity index (χ2n) is 2.08. The van der Waals surface area contributed by atoms with Crippen molar-refractivity contribution >= 4 is 5.97 Å². The minimum Gasteiger partial charge on any atom is -0.481 e.